The fourth-order valence-electron chi connectivity index (χ4n) is 2.67. The van der Waals surface area contributed by atoms with Crippen molar-refractivity contribution in [3.05, 3.63) is 29.3 Å². The molecule has 0 aliphatic carbocycles. The number of ether oxygens (including phenoxy) is 1. The van der Waals surface area contributed by atoms with Crippen LogP contribution in [0.2, 0.25) is 0 Å². The molecule has 2 heterocycles. The molecule has 7 heteroatoms. The normalized spacial score (nSPS) is 23.9. The smallest absolute Gasteiger partial charge is 0.322 e. The van der Waals surface area contributed by atoms with E-state index >= 15 is 0 Å². The molecule has 0 saturated carbocycles. The summed E-state index contributed by atoms with van der Waals surface area (Å²) in [5.41, 5.74) is 0.357. The highest BCUT2D eigenvalue weighted by Crippen LogP contribution is 2.28. The summed E-state index contributed by atoms with van der Waals surface area (Å²) in [6.45, 7) is 2.14. The quantitative estimate of drug-likeness (QED) is 0.781. The van der Waals surface area contributed by atoms with E-state index in [9.17, 15) is 14.4 Å². The lowest BCUT2D eigenvalue weighted by Gasteiger charge is -2.26. The van der Waals surface area contributed by atoms with Crippen molar-refractivity contribution in [1.29, 1.82) is 0 Å². The first-order valence-corrected chi connectivity index (χ1v) is 6.53. The molecule has 0 aromatic heterocycles. The molecule has 110 valence electrons. The number of carbonyl (C=O) groups excluding carboxylic acids is 3. The van der Waals surface area contributed by atoms with Crippen molar-refractivity contribution < 1.29 is 19.1 Å². The maximum atomic E-state index is 12.4. The Hall–Kier alpha value is -2.57. The van der Waals surface area contributed by atoms with Gasteiger partial charge in [-0.1, -0.05) is 6.07 Å². The van der Waals surface area contributed by atoms with Crippen LogP contribution >= 0.6 is 0 Å². The Morgan fingerprint density at radius 1 is 1.33 bits per heavy atom. The molecule has 21 heavy (non-hydrogen) atoms. The van der Waals surface area contributed by atoms with Gasteiger partial charge < -0.3 is 15.0 Å². The Morgan fingerprint density at radius 3 is 2.71 bits per heavy atom. The lowest BCUT2D eigenvalue weighted by molar-refractivity contribution is -0.123. The monoisotopic (exact) mass is 289 g/mol. The molecule has 1 aromatic rings. The minimum atomic E-state index is -1.10. The van der Waals surface area contributed by atoms with Gasteiger partial charge in [0.25, 0.3) is 11.8 Å². The number of methoxy groups -OCH3 is 1. The van der Waals surface area contributed by atoms with Crippen molar-refractivity contribution in [2.45, 2.75) is 19.0 Å². The number of amides is 4. The Labute approximate surface area is 121 Å². The third-order valence-electron chi connectivity index (χ3n) is 3.82. The van der Waals surface area contributed by atoms with E-state index in [1.54, 1.807) is 31.1 Å². The van der Waals surface area contributed by atoms with E-state index in [2.05, 4.69) is 10.6 Å². The fraction of sp³-hybridized carbons (Fsp3) is 0.357. The zero-order chi connectivity index (χ0) is 15.2. The zero-order valence-corrected chi connectivity index (χ0v) is 11.7. The fourth-order valence-corrected chi connectivity index (χ4v) is 2.67. The van der Waals surface area contributed by atoms with Crippen LogP contribution in [0.25, 0.3) is 0 Å². The molecule has 0 spiro atoms. The maximum Gasteiger partial charge on any atom is 0.322 e. The minimum Gasteiger partial charge on any atom is -0.497 e. The van der Waals surface area contributed by atoms with E-state index in [1.807, 2.05) is 6.07 Å². The average Bonchev–Trinajstić information content (AvgIpc) is 2.87. The Bertz CT molecular complexity index is 658. The second kappa shape index (κ2) is 4.47. The van der Waals surface area contributed by atoms with E-state index in [4.69, 9.17) is 4.74 Å². The van der Waals surface area contributed by atoms with Gasteiger partial charge in [-0.2, -0.15) is 0 Å². The number of nitrogens with one attached hydrogen (secondary N) is 2. The first-order valence-electron chi connectivity index (χ1n) is 6.53. The van der Waals surface area contributed by atoms with Crippen LogP contribution in [0.15, 0.2) is 18.2 Å². The summed E-state index contributed by atoms with van der Waals surface area (Å²) in [7, 11) is 1.54. The van der Waals surface area contributed by atoms with Crippen molar-refractivity contribution in [1.82, 2.24) is 15.5 Å². The van der Waals surface area contributed by atoms with E-state index in [0.717, 1.165) is 5.56 Å². The average molecular weight is 289 g/mol. The summed E-state index contributed by atoms with van der Waals surface area (Å²) in [5, 5.41) is 4.75. The summed E-state index contributed by atoms with van der Waals surface area (Å²) in [5.74, 6) is 0.0231. The molecule has 7 nitrogen and oxygen atoms in total. The summed E-state index contributed by atoms with van der Waals surface area (Å²) in [4.78, 5) is 37.0. The number of carbonyl (C=O) groups is 3. The van der Waals surface area contributed by atoms with Crippen LogP contribution in [0.1, 0.15) is 22.8 Å². The van der Waals surface area contributed by atoms with Gasteiger partial charge >= 0.3 is 6.03 Å². The van der Waals surface area contributed by atoms with Gasteiger partial charge in [-0.05, 0) is 24.6 Å². The molecule has 2 aliphatic rings. The van der Waals surface area contributed by atoms with E-state index in [1.165, 1.54) is 0 Å². The number of urea groups is 1. The predicted molar refractivity (Wildman–Crippen MR) is 72.8 cm³/mol. The maximum absolute atomic E-state index is 12.4. The first kappa shape index (κ1) is 13.4. The van der Waals surface area contributed by atoms with Crippen molar-refractivity contribution in [2.24, 2.45) is 0 Å². The second-order valence-corrected chi connectivity index (χ2v) is 5.42. The molecule has 0 radical (unpaired) electrons. The highest BCUT2D eigenvalue weighted by molar-refractivity contribution is 6.07. The number of rotatable bonds is 3. The summed E-state index contributed by atoms with van der Waals surface area (Å²) in [6, 6.07) is 4.78. The number of fused-ring (bicyclic) bond motifs is 1. The van der Waals surface area contributed by atoms with Gasteiger partial charge in [-0.3, -0.25) is 14.9 Å². The van der Waals surface area contributed by atoms with Gasteiger partial charge in [0.05, 0.1) is 13.7 Å². The molecule has 0 unspecified atom stereocenters. The third-order valence-corrected chi connectivity index (χ3v) is 3.82. The topological polar surface area (TPSA) is 87.7 Å². The number of hydrogen-bond donors (Lipinski definition) is 2. The van der Waals surface area contributed by atoms with Crippen LogP contribution in [0.5, 0.6) is 5.75 Å². The van der Waals surface area contributed by atoms with Crippen molar-refractivity contribution in [2.75, 3.05) is 13.7 Å². The van der Waals surface area contributed by atoms with E-state index in [-0.39, 0.29) is 12.5 Å². The second-order valence-electron chi connectivity index (χ2n) is 5.42. The zero-order valence-electron chi connectivity index (χ0n) is 11.7. The van der Waals surface area contributed by atoms with Gasteiger partial charge in [0.1, 0.15) is 11.3 Å². The molecule has 4 amide bonds. The Balaban J connectivity index is 1.82. The molecule has 1 atom stereocenters. The molecular weight excluding hydrogens is 274 g/mol. The first-order chi connectivity index (χ1) is 9.93. The minimum absolute atomic E-state index is 0.125. The van der Waals surface area contributed by atoms with Gasteiger partial charge in [0.2, 0.25) is 0 Å². The molecule has 3 rings (SSSR count). The number of hydrogen-bond acceptors (Lipinski definition) is 4. The van der Waals surface area contributed by atoms with Crippen molar-refractivity contribution >= 4 is 17.8 Å². The van der Waals surface area contributed by atoms with E-state index in [0.29, 0.717) is 17.9 Å². The summed E-state index contributed by atoms with van der Waals surface area (Å²) in [6.07, 6.45) is 0. The van der Waals surface area contributed by atoms with Crippen LogP contribution in [0.4, 0.5) is 4.79 Å². The van der Waals surface area contributed by atoms with Crippen LogP contribution in [-0.2, 0) is 11.3 Å². The lowest BCUT2D eigenvalue weighted by atomic mass is 10.0. The van der Waals surface area contributed by atoms with E-state index < -0.39 is 17.5 Å². The number of imide groups is 1. The summed E-state index contributed by atoms with van der Waals surface area (Å²) < 4.78 is 5.12. The largest absolute Gasteiger partial charge is 0.497 e. The highest BCUT2D eigenvalue weighted by atomic mass is 16.5. The van der Waals surface area contributed by atoms with Crippen LogP contribution in [0, 0.1) is 0 Å². The Morgan fingerprint density at radius 2 is 2.10 bits per heavy atom. The van der Waals surface area contributed by atoms with Crippen LogP contribution in [0.3, 0.4) is 0 Å². The predicted octanol–water partition coefficient (Wildman–Crippen LogP) is 0.249. The number of benzene rings is 1. The third kappa shape index (κ3) is 2.10. The number of nitrogens with zero attached hydrogens (tertiary/aromatic N) is 1. The molecule has 2 N–H and O–H groups in total. The SMILES string of the molecule is COc1ccc2c(c1)C(=O)N(C[C@@]1(C)NC(=O)NC1=O)C2. The van der Waals surface area contributed by atoms with Crippen molar-refractivity contribution in [3.63, 3.8) is 0 Å². The van der Waals surface area contributed by atoms with Crippen molar-refractivity contribution in [3.8, 4) is 5.75 Å². The Kier molecular flexibility index (Phi) is 2.86. The molecule has 1 saturated heterocycles. The molecular formula is C14H15N3O4. The van der Waals surface area contributed by atoms with Gasteiger partial charge in [-0.25, -0.2) is 4.79 Å². The van der Waals surface area contributed by atoms with Gasteiger partial charge in [0, 0.05) is 12.1 Å². The standard InChI is InChI=1S/C14H15N3O4/c1-14(12(19)15-13(20)16-14)7-17-6-8-3-4-9(21-2)5-10(8)11(17)18/h3-5H,6-7H2,1-2H3,(H2,15,16,19,20)/t14-/m1/s1. The molecule has 2 aliphatic heterocycles. The van der Waals surface area contributed by atoms with Crippen LogP contribution < -0.4 is 15.4 Å². The summed E-state index contributed by atoms with van der Waals surface area (Å²) >= 11 is 0. The lowest BCUT2D eigenvalue weighted by Crippen LogP contribution is -2.52. The van der Waals surface area contributed by atoms with Gasteiger partial charge in [-0.15, -0.1) is 0 Å². The molecule has 1 fully saturated rings. The highest BCUT2D eigenvalue weighted by Gasteiger charge is 2.45. The van der Waals surface area contributed by atoms with Gasteiger partial charge in [0.15, 0.2) is 0 Å². The molecule has 0 bridgehead atoms. The molecule has 1 aromatic carbocycles. The van der Waals surface area contributed by atoms with Crippen LogP contribution in [-0.4, -0.2) is 41.9 Å².